The summed E-state index contributed by atoms with van der Waals surface area (Å²) in [7, 11) is 0. The molecule has 1 N–H and O–H groups in total. The Bertz CT molecular complexity index is 1030. The van der Waals surface area contributed by atoms with Gasteiger partial charge in [-0.25, -0.2) is 0 Å². The quantitative estimate of drug-likeness (QED) is 0.760. The second-order valence-corrected chi connectivity index (χ2v) is 7.69. The number of aryl methyl sites for hydroxylation is 4. The molecule has 0 bridgehead atoms. The monoisotopic (exact) mass is 370 g/mol. The van der Waals surface area contributed by atoms with E-state index in [0.29, 0.717) is 16.6 Å². The molecule has 1 atom stereocenters. The van der Waals surface area contributed by atoms with Crippen molar-refractivity contribution in [1.82, 2.24) is 15.0 Å². The van der Waals surface area contributed by atoms with Crippen LogP contribution in [0.15, 0.2) is 23.0 Å². The van der Waals surface area contributed by atoms with Gasteiger partial charge < -0.3 is 5.32 Å². The number of hydrogen-bond donors (Lipinski definition) is 1. The number of benzene rings is 1. The van der Waals surface area contributed by atoms with Gasteiger partial charge in [0.1, 0.15) is 6.04 Å². The molecular weight excluding hydrogens is 348 g/mol. The van der Waals surface area contributed by atoms with Gasteiger partial charge >= 0.3 is 0 Å². The largest absolute Gasteiger partial charge is 0.324 e. The predicted octanol–water partition coefficient (Wildman–Crippen LogP) is 3.68. The third-order valence-electron chi connectivity index (χ3n) is 4.73. The summed E-state index contributed by atoms with van der Waals surface area (Å²) in [6, 6.07) is 5.12. The van der Waals surface area contributed by atoms with Gasteiger partial charge in [0, 0.05) is 10.6 Å². The first-order chi connectivity index (χ1) is 12.3. The highest BCUT2D eigenvalue weighted by molar-refractivity contribution is 7.18. The zero-order chi connectivity index (χ0) is 19.0. The summed E-state index contributed by atoms with van der Waals surface area (Å²) in [6.07, 6.45) is 0.443. The Morgan fingerprint density at radius 3 is 2.50 bits per heavy atom. The number of aromatic nitrogens is 3. The molecular formula is C19H22N4O2S. The minimum atomic E-state index is -0.710. The van der Waals surface area contributed by atoms with Crippen LogP contribution in [-0.2, 0) is 4.79 Å². The number of anilines is 1. The number of hydrogen-bond acceptors (Lipinski definition) is 5. The lowest BCUT2D eigenvalue weighted by Gasteiger charge is -2.18. The van der Waals surface area contributed by atoms with Gasteiger partial charge in [0.15, 0.2) is 4.83 Å². The molecule has 136 valence electrons. The average molecular weight is 370 g/mol. The Morgan fingerprint density at radius 1 is 1.23 bits per heavy atom. The highest BCUT2D eigenvalue weighted by Crippen LogP contribution is 2.26. The number of nitrogens with one attached hydrogen (secondary N) is 1. The first kappa shape index (κ1) is 18.3. The summed E-state index contributed by atoms with van der Waals surface area (Å²) in [5, 5.41) is 11.7. The van der Waals surface area contributed by atoms with Crippen LogP contribution < -0.4 is 10.9 Å². The van der Waals surface area contributed by atoms with Crippen molar-refractivity contribution in [1.29, 1.82) is 0 Å². The maximum atomic E-state index is 12.9. The van der Waals surface area contributed by atoms with E-state index in [1.165, 1.54) is 16.0 Å². The minimum absolute atomic E-state index is 0.259. The van der Waals surface area contributed by atoms with Crippen LogP contribution in [-0.4, -0.2) is 20.9 Å². The Labute approximate surface area is 155 Å². The molecule has 6 nitrogen and oxygen atoms in total. The zero-order valence-corrected chi connectivity index (χ0v) is 16.4. The lowest BCUT2D eigenvalue weighted by Crippen LogP contribution is -2.35. The number of carbonyl (C=O) groups is 1. The fraction of sp³-hybridized carbons (Fsp3) is 0.368. The van der Waals surface area contributed by atoms with Crippen LogP contribution in [0.1, 0.15) is 41.0 Å². The van der Waals surface area contributed by atoms with Gasteiger partial charge in [-0.2, -0.15) is 4.68 Å². The molecule has 3 aromatic rings. The van der Waals surface area contributed by atoms with E-state index in [9.17, 15) is 9.59 Å². The second kappa shape index (κ2) is 6.99. The van der Waals surface area contributed by atoms with Gasteiger partial charge in [-0.15, -0.1) is 16.4 Å². The molecule has 2 heterocycles. The number of thiophene rings is 1. The van der Waals surface area contributed by atoms with Crippen molar-refractivity contribution in [2.75, 3.05) is 5.32 Å². The van der Waals surface area contributed by atoms with Gasteiger partial charge in [-0.05, 0) is 50.8 Å². The summed E-state index contributed by atoms with van der Waals surface area (Å²) >= 11 is 1.45. The summed E-state index contributed by atoms with van der Waals surface area (Å²) in [6.45, 7) is 9.60. The Balaban J connectivity index is 2.02. The van der Waals surface area contributed by atoms with E-state index in [2.05, 4.69) is 15.6 Å². The molecule has 1 amide bonds. The molecule has 0 radical (unpaired) electrons. The van der Waals surface area contributed by atoms with Crippen molar-refractivity contribution < 1.29 is 4.79 Å². The fourth-order valence-corrected chi connectivity index (χ4v) is 4.03. The molecule has 2 aromatic heterocycles. The first-order valence-corrected chi connectivity index (χ1v) is 9.39. The molecule has 0 saturated carbocycles. The van der Waals surface area contributed by atoms with Gasteiger partial charge in [-0.3, -0.25) is 9.59 Å². The molecule has 1 aromatic carbocycles. The maximum Gasteiger partial charge on any atom is 0.279 e. The van der Waals surface area contributed by atoms with Crippen molar-refractivity contribution in [3.63, 3.8) is 0 Å². The lowest BCUT2D eigenvalue weighted by molar-refractivity contribution is -0.119. The molecule has 3 rings (SSSR count). The lowest BCUT2D eigenvalue weighted by atomic mass is 10.1. The van der Waals surface area contributed by atoms with E-state index in [4.69, 9.17) is 0 Å². The summed E-state index contributed by atoms with van der Waals surface area (Å²) in [5.41, 5.74) is 3.38. The molecule has 0 spiro atoms. The number of carbonyl (C=O) groups excluding carboxylic acids is 1. The zero-order valence-electron chi connectivity index (χ0n) is 15.6. The average Bonchev–Trinajstić information content (AvgIpc) is 2.89. The highest BCUT2D eigenvalue weighted by atomic mass is 32.1. The predicted molar refractivity (Wildman–Crippen MR) is 105 cm³/mol. The van der Waals surface area contributed by atoms with Gasteiger partial charge in [0.2, 0.25) is 5.91 Å². The van der Waals surface area contributed by atoms with Crippen molar-refractivity contribution in [3.8, 4) is 0 Å². The molecule has 0 aliphatic carbocycles. The Kier molecular flexibility index (Phi) is 4.91. The van der Waals surface area contributed by atoms with Crippen molar-refractivity contribution in [2.45, 2.75) is 47.1 Å². The third kappa shape index (κ3) is 3.03. The van der Waals surface area contributed by atoms with Crippen molar-refractivity contribution in [3.05, 3.63) is 50.1 Å². The van der Waals surface area contributed by atoms with Gasteiger partial charge in [0.25, 0.3) is 5.56 Å². The third-order valence-corrected chi connectivity index (χ3v) is 5.83. The molecule has 0 fully saturated rings. The number of fused-ring (bicyclic) bond motifs is 1. The maximum absolute atomic E-state index is 12.9. The smallest absolute Gasteiger partial charge is 0.279 e. The van der Waals surface area contributed by atoms with E-state index < -0.39 is 6.04 Å². The molecule has 0 aliphatic heterocycles. The van der Waals surface area contributed by atoms with Crippen LogP contribution in [0, 0.1) is 27.7 Å². The van der Waals surface area contributed by atoms with Crippen LogP contribution >= 0.6 is 11.3 Å². The number of rotatable bonds is 4. The van der Waals surface area contributed by atoms with Gasteiger partial charge in [0.05, 0.1) is 5.39 Å². The van der Waals surface area contributed by atoms with E-state index in [1.807, 2.05) is 52.8 Å². The summed E-state index contributed by atoms with van der Waals surface area (Å²) in [5.74, 6) is -0.259. The van der Waals surface area contributed by atoms with Crippen molar-refractivity contribution in [2.24, 2.45) is 0 Å². The summed E-state index contributed by atoms with van der Waals surface area (Å²) < 4.78 is 1.21. The number of amides is 1. The molecule has 1 unspecified atom stereocenters. The fourth-order valence-electron chi connectivity index (χ4n) is 3.07. The Hall–Kier alpha value is -2.54. The second-order valence-electron chi connectivity index (χ2n) is 6.48. The van der Waals surface area contributed by atoms with Crippen LogP contribution in [0.2, 0.25) is 0 Å². The van der Waals surface area contributed by atoms with Gasteiger partial charge in [-0.1, -0.05) is 30.3 Å². The standard InChI is InChI=1S/C19H22N4O2S/c1-6-14(17(24)20-16-10(2)8-7-9-11(16)3)23-19(25)15-12(4)13(5)26-18(15)21-22-23/h7-9,14H,6H2,1-5H3,(H,20,24). The van der Waals surface area contributed by atoms with E-state index in [1.54, 1.807) is 0 Å². The minimum Gasteiger partial charge on any atom is -0.324 e. The van der Waals surface area contributed by atoms with Crippen molar-refractivity contribution >= 4 is 33.1 Å². The van der Waals surface area contributed by atoms with E-state index in [0.717, 1.165) is 27.3 Å². The molecule has 7 heteroatoms. The number of nitrogens with zero attached hydrogens (tertiary/aromatic N) is 3. The number of para-hydroxylation sites is 1. The first-order valence-electron chi connectivity index (χ1n) is 8.57. The SMILES string of the molecule is CCC(C(=O)Nc1c(C)cccc1C)n1nnc2sc(C)c(C)c2c1=O. The van der Waals surface area contributed by atoms with Crippen LogP contribution in [0.25, 0.3) is 10.2 Å². The Morgan fingerprint density at radius 2 is 1.88 bits per heavy atom. The summed E-state index contributed by atoms with van der Waals surface area (Å²) in [4.78, 5) is 27.5. The molecule has 0 aliphatic rings. The van der Waals surface area contributed by atoms with E-state index >= 15 is 0 Å². The molecule has 26 heavy (non-hydrogen) atoms. The van der Waals surface area contributed by atoms with E-state index in [-0.39, 0.29) is 11.5 Å². The normalized spacial score (nSPS) is 12.3. The topological polar surface area (TPSA) is 76.9 Å². The highest BCUT2D eigenvalue weighted by Gasteiger charge is 2.24. The van der Waals surface area contributed by atoms with Crippen LogP contribution in [0.3, 0.4) is 0 Å². The molecule has 0 saturated heterocycles. The van der Waals surface area contributed by atoms with Crippen LogP contribution in [0.4, 0.5) is 5.69 Å². The van der Waals surface area contributed by atoms with Crippen LogP contribution in [0.5, 0.6) is 0 Å².